The Hall–Kier alpha value is -0.980. The molecule has 2 N–H and O–H groups in total. The number of nitrogens with one attached hydrogen (secondary N) is 1. The van der Waals surface area contributed by atoms with Gasteiger partial charge in [0.1, 0.15) is 5.60 Å². The number of ether oxygens (including phenoxy) is 1. The van der Waals surface area contributed by atoms with Gasteiger partial charge in [-0.2, -0.15) is 4.98 Å². The highest BCUT2D eigenvalue weighted by molar-refractivity contribution is 5.04. The molecule has 3 rings (SSSR count). The highest BCUT2D eigenvalue weighted by Gasteiger charge is 2.36. The number of β-amino-alcohol motifs (C(OH)–C–C–N with tert-alkyl or cyclic N) is 1. The average Bonchev–Trinajstić information content (AvgIpc) is 2.98. The van der Waals surface area contributed by atoms with Crippen molar-refractivity contribution in [1.82, 2.24) is 15.5 Å². The molecule has 0 aliphatic carbocycles. The van der Waals surface area contributed by atoms with Crippen molar-refractivity contribution in [3.8, 4) is 0 Å². The molecule has 0 aromatic carbocycles. The summed E-state index contributed by atoms with van der Waals surface area (Å²) < 4.78 is 11.1. The van der Waals surface area contributed by atoms with Gasteiger partial charge in [0, 0.05) is 13.2 Å². The summed E-state index contributed by atoms with van der Waals surface area (Å²) in [7, 11) is 0. The first-order valence-corrected chi connectivity index (χ1v) is 6.57. The van der Waals surface area contributed by atoms with Crippen LogP contribution in [0.1, 0.15) is 50.4 Å². The number of aliphatic hydroxyl groups excluding tert-OH is 1. The summed E-state index contributed by atoms with van der Waals surface area (Å²) in [6.45, 7) is 3.34. The van der Waals surface area contributed by atoms with Crippen LogP contribution in [0, 0.1) is 0 Å². The van der Waals surface area contributed by atoms with E-state index in [0.29, 0.717) is 24.7 Å². The summed E-state index contributed by atoms with van der Waals surface area (Å²) in [5.74, 6) is 1.18. The summed E-state index contributed by atoms with van der Waals surface area (Å²) in [5, 5.41) is 16.7. The maximum atomic E-state index is 9.49. The van der Waals surface area contributed by atoms with Gasteiger partial charge in [-0.3, -0.25) is 0 Å². The first kappa shape index (κ1) is 12.1. The molecule has 1 unspecified atom stereocenters. The first-order chi connectivity index (χ1) is 8.67. The molecule has 0 spiro atoms. The third-order valence-corrected chi connectivity index (χ3v) is 3.79. The fourth-order valence-electron chi connectivity index (χ4n) is 2.61. The minimum absolute atomic E-state index is 0.0339. The van der Waals surface area contributed by atoms with Gasteiger partial charge in [-0.05, 0) is 32.6 Å². The lowest BCUT2D eigenvalue weighted by Gasteiger charge is -2.30. The van der Waals surface area contributed by atoms with E-state index in [4.69, 9.17) is 9.26 Å². The topological polar surface area (TPSA) is 80.4 Å². The van der Waals surface area contributed by atoms with Crippen LogP contribution in [-0.2, 0) is 10.3 Å². The Morgan fingerprint density at radius 3 is 3.00 bits per heavy atom. The molecular weight excluding hydrogens is 234 g/mol. The molecule has 2 saturated heterocycles. The van der Waals surface area contributed by atoms with Gasteiger partial charge in [0.15, 0.2) is 0 Å². The minimum Gasteiger partial charge on any atom is -0.392 e. The molecule has 3 atom stereocenters. The van der Waals surface area contributed by atoms with E-state index in [1.807, 2.05) is 6.92 Å². The average molecular weight is 253 g/mol. The number of hydrogen-bond donors (Lipinski definition) is 2. The highest BCUT2D eigenvalue weighted by atomic mass is 16.5. The highest BCUT2D eigenvalue weighted by Crippen LogP contribution is 2.33. The zero-order valence-corrected chi connectivity index (χ0v) is 10.6. The molecule has 2 aliphatic heterocycles. The number of aromatic nitrogens is 2. The van der Waals surface area contributed by atoms with Crippen LogP contribution in [0.2, 0.25) is 0 Å². The molecule has 6 nitrogen and oxygen atoms in total. The van der Waals surface area contributed by atoms with E-state index in [-0.39, 0.29) is 12.1 Å². The molecule has 2 aliphatic rings. The minimum atomic E-state index is -0.419. The smallest absolute Gasteiger partial charge is 0.243 e. The van der Waals surface area contributed by atoms with Gasteiger partial charge in [0.25, 0.3) is 0 Å². The second-order valence-corrected chi connectivity index (χ2v) is 5.34. The number of hydrogen-bond acceptors (Lipinski definition) is 6. The molecule has 2 fully saturated rings. The van der Waals surface area contributed by atoms with E-state index in [0.717, 1.165) is 25.9 Å². The molecular formula is C12H19N3O3. The maximum absolute atomic E-state index is 9.49. The van der Waals surface area contributed by atoms with Crippen molar-refractivity contribution in [1.29, 1.82) is 0 Å². The van der Waals surface area contributed by atoms with Crippen molar-refractivity contribution < 1.29 is 14.4 Å². The Morgan fingerprint density at radius 1 is 1.44 bits per heavy atom. The standard InChI is InChI=1S/C12H19N3O3/c1-12(4-2-3-5-17-12)11-14-10(18-15-11)9-6-8(16)7-13-9/h8-9,13,16H,2-7H2,1H3/t8-,9-,12?/m0/s1. The third kappa shape index (κ3) is 2.15. The number of nitrogens with zero attached hydrogens (tertiary/aromatic N) is 2. The van der Waals surface area contributed by atoms with Crippen LogP contribution in [0.4, 0.5) is 0 Å². The predicted octanol–water partition coefficient (Wildman–Crippen LogP) is 0.881. The number of aliphatic hydroxyl groups is 1. The van der Waals surface area contributed by atoms with Gasteiger partial charge >= 0.3 is 0 Å². The Bertz CT molecular complexity index is 414. The van der Waals surface area contributed by atoms with Crippen molar-refractivity contribution in [3.05, 3.63) is 11.7 Å². The van der Waals surface area contributed by atoms with E-state index >= 15 is 0 Å². The first-order valence-electron chi connectivity index (χ1n) is 6.57. The van der Waals surface area contributed by atoms with Crippen molar-refractivity contribution in [2.24, 2.45) is 0 Å². The molecule has 0 saturated carbocycles. The van der Waals surface area contributed by atoms with Crippen LogP contribution in [0.25, 0.3) is 0 Å². The lowest BCUT2D eigenvalue weighted by Crippen LogP contribution is -2.31. The van der Waals surface area contributed by atoms with Gasteiger partial charge < -0.3 is 19.7 Å². The fourth-order valence-corrected chi connectivity index (χ4v) is 2.61. The van der Waals surface area contributed by atoms with E-state index in [1.54, 1.807) is 0 Å². The van der Waals surface area contributed by atoms with Crippen LogP contribution >= 0.6 is 0 Å². The Balaban J connectivity index is 1.76. The Kier molecular flexibility index (Phi) is 3.09. The molecule has 0 amide bonds. The Morgan fingerprint density at radius 2 is 2.33 bits per heavy atom. The number of rotatable bonds is 2. The van der Waals surface area contributed by atoms with Crippen LogP contribution in [0.3, 0.4) is 0 Å². The Labute approximate surface area is 106 Å². The molecule has 1 aromatic rings. The molecule has 6 heteroatoms. The van der Waals surface area contributed by atoms with E-state index in [1.165, 1.54) is 0 Å². The van der Waals surface area contributed by atoms with E-state index < -0.39 is 5.60 Å². The SMILES string of the molecule is CC1(c2noc([C@@H]3C[C@H](O)CN3)n2)CCCCO1. The van der Waals surface area contributed by atoms with Crippen molar-refractivity contribution >= 4 is 0 Å². The summed E-state index contributed by atoms with van der Waals surface area (Å²) in [5.41, 5.74) is -0.419. The summed E-state index contributed by atoms with van der Waals surface area (Å²) >= 11 is 0. The van der Waals surface area contributed by atoms with Crippen LogP contribution in [0.5, 0.6) is 0 Å². The molecule has 0 radical (unpaired) electrons. The van der Waals surface area contributed by atoms with Gasteiger partial charge in [0.2, 0.25) is 11.7 Å². The van der Waals surface area contributed by atoms with Crippen LogP contribution < -0.4 is 5.32 Å². The van der Waals surface area contributed by atoms with Crippen LogP contribution in [0.15, 0.2) is 4.52 Å². The lowest BCUT2D eigenvalue weighted by atomic mass is 9.95. The van der Waals surface area contributed by atoms with E-state index in [2.05, 4.69) is 15.5 Å². The summed E-state index contributed by atoms with van der Waals surface area (Å²) in [4.78, 5) is 4.45. The fraction of sp³-hybridized carbons (Fsp3) is 0.833. The quantitative estimate of drug-likeness (QED) is 0.814. The van der Waals surface area contributed by atoms with E-state index in [9.17, 15) is 5.11 Å². The molecule has 1 aromatic heterocycles. The third-order valence-electron chi connectivity index (χ3n) is 3.79. The largest absolute Gasteiger partial charge is 0.392 e. The monoisotopic (exact) mass is 253 g/mol. The predicted molar refractivity (Wildman–Crippen MR) is 62.8 cm³/mol. The zero-order valence-electron chi connectivity index (χ0n) is 10.6. The van der Waals surface area contributed by atoms with Gasteiger partial charge in [0.05, 0.1) is 12.1 Å². The van der Waals surface area contributed by atoms with Gasteiger partial charge in [-0.15, -0.1) is 0 Å². The van der Waals surface area contributed by atoms with Gasteiger partial charge in [-0.1, -0.05) is 5.16 Å². The maximum Gasteiger partial charge on any atom is 0.243 e. The molecule has 100 valence electrons. The van der Waals surface area contributed by atoms with Crippen molar-refractivity contribution in [3.63, 3.8) is 0 Å². The molecule has 18 heavy (non-hydrogen) atoms. The molecule has 0 bridgehead atoms. The second-order valence-electron chi connectivity index (χ2n) is 5.34. The summed E-state index contributed by atoms with van der Waals surface area (Å²) in [6.07, 6.45) is 3.44. The van der Waals surface area contributed by atoms with Crippen LogP contribution in [-0.4, -0.2) is 34.5 Å². The molecule has 3 heterocycles. The van der Waals surface area contributed by atoms with Crippen molar-refractivity contribution in [2.75, 3.05) is 13.2 Å². The second kappa shape index (κ2) is 4.60. The van der Waals surface area contributed by atoms with Crippen molar-refractivity contribution in [2.45, 2.75) is 50.4 Å². The lowest BCUT2D eigenvalue weighted by molar-refractivity contribution is -0.0770. The van der Waals surface area contributed by atoms with Gasteiger partial charge in [-0.25, -0.2) is 0 Å². The zero-order chi connectivity index (χ0) is 12.6. The normalized spacial score (nSPS) is 37.0. The summed E-state index contributed by atoms with van der Waals surface area (Å²) in [6, 6.07) is -0.0339.